The van der Waals surface area contributed by atoms with Crippen LogP contribution < -0.4 is 11.0 Å². The molecule has 0 radical (unpaired) electrons. The van der Waals surface area contributed by atoms with Gasteiger partial charge in [0.15, 0.2) is 0 Å². The summed E-state index contributed by atoms with van der Waals surface area (Å²) < 4.78 is 17.5. The van der Waals surface area contributed by atoms with E-state index >= 15 is 0 Å². The Morgan fingerprint density at radius 3 is 2.47 bits per heavy atom. The summed E-state index contributed by atoms with van der Waals surface area (Å²) in [5, 5.41) is 2.73. The van der Waals surface area contributed by atoms with Gasteiger partial charge in [-0.1, -0.05) is 36.4 Å². The van der Waals surface area contributed by atoms with Gasteiger partial charge in [0, 0.05) is 24.5 Å². The lowest BCUT2D eigenvalue weighted by Crippen LogP contribution is -2.41. The lowest BCUT2D eigenvalue weighted by atomic mass is 9.77. The van der Waals surface area contributed by atoms with Gasteiger partial charge < -0.3 is 24.3 Å². The molecule has 0 bridgehead atoms. The van der Waals surface area contributed by atoms with Gasteiger partial charge in [0.25, 0.3) is 0 Å². The number of aromatic nitrogens is 2. The highest BCUT2D eigenvalue weighted by atomic mass is 16.7. The summed E-state index contributed by atoms with van der Waals surface area (Å²) in [6, 6.07) is 9.43. The monoisotopic (exact) mass is 411 g/mol. The molecule has 0 saturated carbocycles. The van der Waals surface area contributed by atoms with Crippen molar-refractivity contribution in [3.05, 3.63) is 69.8 Å². The van der Waals surface area contributed by atoms with Crippen LogP contribution in [0.2, 0.25) is 0 Å². The van der Waals surface area contributed by atoms with Gasteiger partial charge in [-0.2, -0.15) is 0 Å². The van der Waals surface area contributed by atoms with Gasteiger partial charge in [0.1, 0.15) is 6.61 Å². The number of rotatable bonds is 6. The highest BCUT2D eigenvalue weighted by Crippen LogP contribution is 2.38. The molecule has 0 aliphatic carbocycles. The maximum absolute atomic E-state index is 12.2. The van der Waals surface area contributed by atoms with E-state index in [0.29, 0.717) is 11.0 Å². The van der Waals surface area contributed by atoms with Crippen LogP contribution in [0.15, 0.2) is 53.0 Å². The summed E-state index contributed by atoms with van der Waals surface area (Å²) in [5.41, 5.74) is 0.709. The zero-order valence-corrected chi connectivity index (χ0v) is 17.6. The Labute approximate surface area is 175 Å². The average Bonchev–Trinajstić information content (AvgIpc) is 2.93. The second kappa shape index (κ2) is 8.85. The van der Waals surface area contributed by atoms with Crippen LogP contribution in [-0.4, -0.2) is 40.9 Å². The predicted octanol–water partition coefficient (Wildman–Crippen LogP) is 2.71. The second-order valence-electron chi connectivity index (χ2n) is 8.07. The van der Waals surface area contributed by atoms with Crippen LogP contribution in [0.25, 0.3) is 6.08 Å². The van der Waals surface area contributed by atoms with Crippen molar-refractivity contribution < 1.29 is 18.8 Å². The maximum atomic E-state index is 12.2. The zero-order valence-electron chi connectivity index (χ0n) is 17.6. The Balaban J connectivity index is 1.71. The summed E-state index contributed by atoms with van der Waals surface area (Å²) >= 11 is 0. The number of nitrogens with one attached hydrogen (secondary N) is 2. The third-order valence-electron chi connectivity index (χ3n) is 5.25. The Kier molecular flexibility index (Phi) is 6.43. The molecule has 1 aromatic heterocycles. The number of carbonyl (C=O) groups excluding carboxylic acids is 1. The van der Waals surface area contributed by atoms with Gasteiger partial charge in [-0.05, 0) is 38.7 Å². The average molecular weight is 411 g/mol. The quantitative estimate of drug-likeness (QED) is 0.709. The number of benzene rings is 1. The SMILES string of the molecule is CC1(C)OB(C(=Cc2cnc(=O)[nH]c2)CNC(=O)OCc2ccccc2)OC1(C)C. The summed E-state index contributed by atoms with van der Waals surface area (Å²) in [6.45, 7) is 8.12. The third-order valence-corrected chi connectivity index (χ3v) is 5.25. The molecule has 9 heteroatoms. The molecule has 1 aromatic carbocycles. The fourth-order valence-electron chi connectivity index (χ4n) is 2.79. The first kappa shape index (κ1) is 21.8. The minimum atomic E-state index is -0.670. The van der Waals surface area contributed by atoms with Gasteiger partial charge in [-0.3, -0.25) is 0 Å². The molecule has 1 saturated heterocycles. The summed E-state index contributed by atoms with van der Waals surface area (Å²) in [4.78, 5) is 29.7. The van der Waals surface area contributed by atoms with Gasteiger partial charge in [0.2, 0.25) is 0 Å². The molecular weight excluding hydrogens is 385 g/mol. The van der Waals surface area contributed by atoms with E-state index in [1.54, 1.807) is 6.08 Å². The largest absolute Gasteiger partial charge is 0.492 e. The minimum Gasteiger partial charge on any atom is -0.445 e. The molecule has 2 heterocycles. The molecule has 2 N–H and O–H groups in total. The number of hydrogen-bond donors (Lipinski definition) is 2. The number of aromatic amines is 1. The van der Waals surface area contributed by atoms with Crippen LogP contribution in [0.3, 0.4) is 0 Å². The van der Waals surface area contributed by atoms with Crippen LogP contribution >= 0.6 is 0 Å². The molecule has 1 fully saturated rings. The highest BCUT2D eigenvalue weighted by Gasteiger charge is 2.52. The van der Waals surface area contributed by atoms with E-state index in [4.69, 9.17) is 14.0 Å². The standard InChI is InChI=1S/C21H26BN3O5/c1-20(2)21(3,4)30-22(29-20)17(10-16-11-23-18(26)24-12-16)13-25-19(27)28-14-15-8-6-5-7-9-15/h5-12H,13-14H2,1-4H3,(H,25,27)(H,23,24,26). The predicted molar refractivity (Wildman–Crippen MR) is 114 cm³/mol. The van der Waals surface area contributed by atoms with Crippen molar-refractivity contribution in [1.29, 1.82) is 0 Å². The number of H-pyrrole nitrogens is 1. The number of hydrogen-bond acceptors (Lipinski definition) is 6. The molecule has 3 rings (SSSR count). The van der Waals surface area contributed by atoms with Gasteiger partial charge >= 0.3 is 18.9 Å². The Morgan fingerprint density at radius 1 is 1.20 bits per heavy atom. The van der Waals surface area contributed by atoms with E-state index in [1.807, 2.05) is 58.0 Å². The molecule has 30 heavy (non-hydrogen) atoms. The maximum Gasteiger partial charge on any atom is 0.492 e. The molecule has 1 aliphatic rings. The third kappa shape index (κ3) is 5.37. The van der Waals surface area contributed by atoms with Crippen molar-refractivity contribution in [1.82, 2.24) is 15.3 Å². The lowest BCUT2D eigenvalue weighted by Gasteiger charge is -2.32. The van der Waals surface area contributed by atoms with Crippen LogP contribution in [0, 0.1) is 0 Å². The summed E-state index contributed by atoms with van der Waals surface area (Å²) in [5.74, 6) is 0. The Bertz CT molecular complexity index is 936. The molecule has 0 atom stereocenters. The second-order valence-corrected chi connectivity index (χ2v) is 8.07. The summed E-state index contributed by atoms with van der Waals surface area (Å²) in [6.07, 6.45) is 4.19. The van der Waals surface area contributed by atoms with Crippen LogP contribution in [0.1, 0.15) is 38.8 Å². The Hall–Kier alpha value is -2.91. The number of amides is 1. The van der Waals surface area contributed by atoms with E-state index < -0.39 is 30.1 Å². The van der Waals surface area contributed by atoms with E-state index in [-0.39, 0.29) is 13.2 Å². The molecule has 0 spiro atoms. The fraction of sp³-hybridized carbons (Fsp3) is 0.381. The number of alkyl carbamates (subject to hydrolysis) is 1. The van der Waals surface area contributed by atoms with Crippen molar-refractivity contribution in [2.75, 3.05) is 6.54 Å². The topological polar surface area (TPSA) is 103 Å². The molecule has 158 valence electrons. The molecule has 1 aliphatic heterocycles. The van der Waals surface area contributed by atoms with E-state index in [9.17, 15) is 9.59 Å². The van der Waals surface area contributed by atoms with Gasteiger partial charge in [-0.25, -0.2) is 14.6 Å². The number of nitrogens with zero attached hydrogens (tertiary/aromatic N) is 1. The smallest absolute Gasteiger partial charge is 0.445 e. The van der Waals surface area contributed by atoms with Crippen LogP contribution in [0.5, 0.6) is 0 Å². The van der Waals surface area contributed by atoms with Gasteiger partial charge in [0.05, 0.1) is 11.2 Å². The van der Waals surface area contributed by atoms with Crippen molar-refractivity contribution in [2.45, 2.75) is 45.5 Å². The van der Waals surface area contributed by atoms with Crippen LogP contribution in [-0.2, 0) is 20.7 Å². The van der Waals surface area contributed by atoms with E-state index in [0.717, 1.165) is 5.56 Å². The number of carbonyl (C=O) groups is 1. The lowest BCUT2D eigenvalue weighted by molar-refractivity contribution is 0.00578. The molecule has 0 unspecified atom stereocenters. The molecule has 1 amide bonds. The van der Waals surface area contributed by atoms with E-state index in [1.165, 1.54) is 12.4 Å². The number of ether oxygens (including phenoxy) is 1. The molecular formula is C21H26BN3O5. The van der Waals surface area contributed by atoms with Crippen molar-refractivity contribution in [3.8, 4) is 0 Å². The van der Waals surface area contributed by atoms with Crippen molar-refractivity contribution in [2.24, 2.45) is 0 Å². The summed E-state index contributed by atoms with van der Waals surface area (Å²) in [7, 11) is -0.670. The normalized spacial score (nSPS) is 17.6. The van der Waals surface area contributed by atoms with Gasteiger partial charge in [-0.15, -0.1) is 0 Å². The molecule has 2 aromatic rings. The van der Waals surface area contributed by atoms with Crippen molar-refractivity contribution in [3.63, 3.8) is 0 Å². The van der Waals surface area contributed by atoms with Crippen molar-refractivity contribution >= 4 is 19.3 Å². The first-order chi connectivity index (χ1) is 14.2. The minimum absolute atomic E-state index is 0.142. The fourth-order valence-corrected chi connectivity index (χ4v) is 2.79. The first-order valence-electron chi connectivity index (χ1n) is 9.72. The van der Waals surface area contributed by atoms with E-state index in [2.05, 4.69) is 15.3 Å². The van der Waals surface area contributed by atoms with Crippen LogP contribution in [0.4, 0.5) is 4.79 Å². The highest BCUT2D eigenvalue weighted by molar-refractivity contribution is 6.56. The first-order valence-corrected chi connectivity index (χ1v) is 9.72. The zero-order chi connectivity index (χ0) is 21.8. The molecule has 8 nitrogen and oxygen atoms in total. The Morgan fingerprint density at radius 2 is 1.87 bits per heavy atom.